The number of nitrogens with zero attached hydrogens (tertiary/aromatic N) is 3. The van der Waals surface area contributed by atoms with Gasteiger partial charge in [0.05, 0.1) is 0 Å². The van der Waals surface area contributed by atoms with E-state index in [0.717, 1.165) is 34.5 Å². The van der Waals surface area contributed by atoms with Crippen molar-refractivity contribution in [2.45, 2.75) is 17.3 Å². The number of aromatic nitrogens is 3. The van der Waals surface area contributed by atoms with Gasteiger partial charge in [0.2, 0.25) is 5.95 Å². The van der Waals surface area contributed by atoms with Gasteiger partial charge in [-0.1, -0.05) is 11.8 Å². The fourth-order valence-corrected chi connectivity index (χ4v) is 5.39. The molecule has 1 aromatic heterocycles. The third kappa shape index (κ3) is 8.11. The zero-order valence-corrected chi connectivity index (χ0v) is 15.6. The van der Waals surface area contributed by atoms with Crippen molar-refractivity contribution in [3.63, 3.8) is 0 Å². The molecule has 1 heterocycles. The largest absolute Gasteiger partial charge is 0.368 e. The molecule has 2 N–H and O–H groups in total. The highest BCUT2D eigenvalue weighted by atomic mass is 32.2. The van der Waals surface area contributed by atoms with Crippen molar-refractivity contribution in [2.24, 2.45) is 0 Å². The molecule has 1 aromatic rings. The van der Waals surface area contributed by atoms with Crippen LogP contribution in [0.2, 0.25) is 0 Å². The Kier molecular flexibility index (Phi) is 10.4. The Morgan fingerprint density at radius 3 is 2.50 bits per heavy atom. The first-order valence-corrected chi connectivity index (χ1v) is 10.6. The maximum Gasteiger partial charge on any atom is 0.224 e. The number of anilines is 1. The third-order valence-electron chi connectivity index (χ3n) is 2.13. The quantitative estimate of drug-likeness (QED) is 0.333. The predicted octanol–water partition coefficient (Wildman–Crippen LogP) is 2.55. The van der Waals surface area contributed by atoms with Crippen molar-refractivity contribution in [1.29, 1.82) is 0 Å². The lowest BCUT2D eigenvalue weighted by molar-refractivity contribution is 0.869. The minimum atomic E-state index is 0.295. The van der Waals surface area contributed by atoms with Crippen LogP contribution in [0.4, 0.5) is 5.95 Å². The second-order valence-electron chi connectivity index (χ2n) is 3.85. The Labute approximate surface area is 144 Å². The van der Waals surface area contributed by atoms with Crippen LogP contribution >= 0.6 is 60.5 Å². The highest BCUT2D eigenvalue weighted by molar-refractivity contribution is 8.05. The van der Waals surface area contributed by atoms with Crippen LogP contribution in [0.25, 0.3) is 0 Å². The molecule has 20 heavy (non-hydrogen) atoms. The van der Waals surface area contributed by atoms with Crippen molar-refractivity contribution in [1.82, 2.24) is 15.0 Å². The van der Waals surface area contributed by atoms with Crippen molar-refractivity contribution < 1.29 is 0 Å². The molecule has 0 fully saturated rings. The molecular formula is C11H20N4S5. The minimum absolute atomic E-state index is 0.295. The Morgan fingerprint density at radius 2 is 1.85 bits per heavy atom. The van der Waals surface area contributed by atoms with E-state index in [0.29, 0.717) is 22.2 Å². The van der Waals surface area contributed by atoms with E-state index in [1.165, 1.54) is 0 Å². The summed E-state index contributed by atoms with van der Waals surface area (Å²) < 4.78 is 0. The number of rotatable bonds is 10. The van der Waals surface area contributed by atoms with Gasteiger partial charge < -0.3 is 5.73 Å². The average molecular weight is 369 g/mol. The average Bonchev–Trinajstić information content (AvgIpc) is 2.40. The Bertz CT molecular complexity index is 373. The molecule has 0 spiro atoms. The Morgan fingerprint density at radius 1 is 1.10 bits per heavy atom. The number of nitrogens with two attached hydrogens (primary N) is 1. The summed E-state index contributed by atoms with van der Waals surface area (Å²) in [5, 5.41) is 1.28. The van der Waals surface area contributed by atoms with Crippen molar-refractivity contribution >= 4 is 66.5 Å². The van der Waals surface area contributed by atoms with E-state index < -0.39 is 0 Å². The van der Waals surface area contributed by atoms with Gasteiger partial charge in [-0.3, -0.25) is 0 Å². The van der Waals surface area contributed by atoms with Crippen LogP contribution < -0.4 is 5.73 Å². The minimum Gasteiger partial charge on any atom is -0.368 e. The van der Waals surface area contributed by atoms with Gasteiger partial charge in [0.15, 0.2) is 5.16 Å². The number of thiol groups is 2. The van der Waals surface area contributed by atoms with Crippen molar-refractivity contribution in [3.05, 3.63) is 5.82 Å². The van der Waals surface area contributed by atoms with E-state index in [1.54, 1.807) is 11.8 Å². The zero-order valence-electron chi connectivity index (χ0n) is 11.4. The normalized spacial score (nSPS) is 12.6. The van der Waals surface area contributed by atoms with Crippen LogP contribution in [-0.4, -0.2) is 54.7 Å². The highest BCUT2D eigenvalue weighted by Crippen LogP contribution is 2.24. The number of nitrogen functional groups attached to an aromatic ring is 1. The number of thioether (sulfide) groups is 3. The fraction of sp³-hybridized carbons (Fsp3) is 0.727. The number of hydrogen-bond donors (Lipinski definition) is 3. The van der Waals surface area contributed by atoms with Crippen LogP contribution in [0.5, 0.6) is 0 Å². The first kappa shape index (κ1) is 18.6. The predicted molar refractivity (Wildman–Crippen MR) is 101 cm³/mol. The van der Waals surface area contributed by atoms with E-state index in [4.69, 9.17) is 5.73 Å². The molecular weight excluding hydrogens is 348 g/mol. The summed E-state index contributed by atoms with van der Waals surface area (Å²) in [7, 11) is 0. The van der Waals surface area contributed by atoms with Crippen LogP contribution in [0.15, 0.2) is 5.16 Å². The molecule has 1 atom stereocenters. The number of aryl methyl sites for hydroxylation is 1. The Balaban J connectivity index is 2.46. The van der Waals surface area contributed by atoms with Crippen LogP contribution in [-0.2, 0) is 0 Å². The molecule has 0 amide bonds. The molecule has 1 unspecified atom stereocenters. The van der Waals surface area contributed by atoms with Gasteiger partial charge in [-0.05, 0) is 18.4 Å². The van der Waals surface area contributed by atoms with E-state index in [-0.39, 0.29) is 0 Å². The third-order valence-corrected chi connectivity index (χ3v) is 6.99. The summed E-state index contributed by atoms with van der Waals surface area (Å²) in [4.78, 5) is 12.4. The SMILES string of the molecule is Cc1nc(N)nc(SCC(CSCCS)SCCS)n1. The second-order valence-corrected chi connectivity index (χ2v) is 8.29. The molecule has 9 heteroatoms. The molecule has 0 aromatic carbocycles. The monoisotopic (exact) mass is 368 g/mol. The fourth-order valence-electron chi connectivity index (χ4n) is 1.35. The first-order chi connectivity index (χ1) is 9.65. The Hall–Kier alpha value is 0.560. The van der Waals surface area contributed by atoms with E-state index >= 15 is 0 Å². The molecule has 0 saturated heterocycles. The lowest BCUT2D eigenvalue weighted by Crippen LogP contribution is -2.13. The number of hydrogen-bond acceptors (Lipinski definition) is 9. The molecule has 114 valence electrons. The summed E-state index contributed by atoms with van der Waals surface area (Å²) in [5.74, 6) is 7.03. The van der Waals surface area contributed by atoms with Gasteiger partial charge >= 0.3 is 0 Å². The second kappa shape index (κ2) is 11.2. The molecule has 1 rings (SSSR count). The van der Waals surface area contributed by atoms with E-state index in [1.807, 2.05) is 30.4 Å². The van der Waals surface area contributed by atoms with Gasteiger partial charge in [-0.15, -0.1) is 0 Å². The lowest BCUT2D eigenvalue weighted by atomic mass is 10.5. The molecule has 0 bridgehead atoms. The summed E-state index contributed by atoms with van der Waals surface area (Å²) >= 11 is 14.1. The van der Waals surface area contributed by atoms with Gasteiger partial charge in [0.25, 0.3) is 0 Å². The van der Waals surface area contributed by atoms with Gasteiger partial charge in [0.1, 0.15) is 5.82 Å². The van der Waals surface area contributed by atoms with E-state index in [9.17, 15) is 0 Å². The molecule has 0 radical (unpaired) electrons. The summed E-state index contributed by atoms with van der Waals surface area (Å²) in [6.07, 6.45) is 0. The topological polar surface area (TPSA) is 64.7 Å². The van der Waals surface area contributed by atoms with E-state index in [2.05, 4.69) is 40.2 Å². The smallest absolute Gasteiger partial charge is 0.224 e. The van der Waals surface area contributed by atoms with Gasteiger partial charge in [0, 0.05) is 28.3 Å². The standard InChI is InChI=1S/C11H20N4S5/c1-8-13-10(12)15-11(14-8)20-7-9(19-5-3-17)6-18-4-2-16/h9,16-17H,2-7H2,1H3,(H2,12,13,14,15). The highest BCUT2D eigenvalue weighted by Gasteiger charge is 2.12. The van der Waals surface area contributed by atoms with Crippen LogP contribution in [0.1, 0.15) is 5.82 Å². The molecule has 4 nitrogen and oxygen atoms in total. The summed E-state index contributed by atoms with van der Waals surface area (Å²) in [6, 6.07) is 0. The van der Waals surface area contributed by atoms with Crippen LogP contribution in [0.3, 0.4) is 0 Å². The van der Waals surface area contributed by atoms with Crippen LogP contribution in [0, 0.1) is 6.92 Å². The molecule has 0 saturated carbocycles. The maximum atomic E-state index is 5.64. The van der Waals surface area contributed by atoms with Gasteiger partial charge in [-0.2, -0.15) is 58.7 Å². The lowest BCUT2D eigenvalue weighted by Gasteiger charge is -2.15. The molecule has 0 aliphatic heterocycles. The van der Waals surface area contributed by atoms with Crippen molar-refractivity contribution in [3.8, 4) is 0 Å². The summed E-state index contributed by atoms with van der Waals surface area (Å²) in [5.41, 5.74) is 5.64. The first-order valence-electron chi connectivity index (χ1n) is 6.17. The molecule has 0 aliphatic rings. The van der Waals surface area contributed by atoms with Gasteiger partial charge in [-0.25, -0.2) is 4.98 Å². The molecule has 0 aliphatic carbocycles. The zero-order chi connectivity index (χ0) is 14.8. The maximum absolute atomic E-state index is 5.64. The van der Waals surface area contributed by atoms with Crippen molar-refractivity contribution in [2.75, 3.05) is 40.3 Å². The summed E-state index contributed by atoms with van der Waals surface area (Å²) in [6.45, 7) is 1.83.